The third kappa shape index (κ3) is 2.16. The van der Waals surface area contributed by atoms with E-state index in [1.54, 1.807) is 16.8 Å². The van der Waals surface area contributed by atoms with E-state index in [1.165, 1.54) is 40.9 Å². The maximum atomic E-state index is 4.50. The highest BCUT2D eigenvalue weighted by Gasteiger charge is 2.22. The van der Waals surface area contributed by atoms with Crippen LogP contribution in [-0.4, -0.2) is 15.7 Å². The summed E-state index contributed by atoms with van der Waals surface area (Å²) in [4.78, 5) is 11.7. The van der Waals surface area contributed by atoms with Crippen LogP contribution in [0.2, 0.25) is 0 Å². The van der Waals surface area contributed by atoms with Crippen molar-refractivity contribution in [1.29, 1.82) is 0 Å². The monoisotopic (exact) mass is 278 g/mol. The second kappa shape index (κ2) is 5.17. The van der Waals surface area contributed by atoms with Crippen LogP contribution in [0.25, 0.3) is 10.2 Å². The van der Waals surface area contributed by atoms with Crippen LogP contribution in [0.3, 0.4) is 0 Å². The summed E-state index contributed by atoms with van der Waals surface area (Å²) in [5, 5.41) is 2.57. The van der Waals surface area contributed by atoms with Gasteiger partial charge in [-0.25, -0.2) is 9.97 Å². The fourth-order valence-electron chi connectivity index (χ4n) is 2.55. The molecule has 0 bridgehead atoms. The van der Waals surface area contributed by atoms with E-state index in [2.05, 4.69) is 23.8 Å². The molecule has 1 aliphatic carbocycles. The standard InChI is InChI=1S/C14H18N2S2/c1-3-6-17-13-12-10-5-4-9(2)7-11(10)18-14(12)16-8-15-13/h8-9H,3-7H2,1-2H3/t9-/m0/s1. The second-order valence-electron chi connectivity index (χ2n) is 5.06. The Morgan fingerprint density at radius 2 is 2.33 bits per heavy atom. The zero-order chi connectivity index (χ0) is 12.5. The van der Waals surface area contributed by atoms with Gasteiger partial charge in [0.15, 0.2) is 0 Å². The maximum Gasteiger partial charge on any atom is 0.128 e. The summed E-state index contributed by atoms with van der Waals surface area (Å²) >= 11 is 3.77. The number of fused-ring (bicyclic) bond motifs is 3. The molecule has 2 aromatic heterocycles. The first-order chi connectivity index (χ1) is 8.79. The highest BCUT2D eigenvalue weighted by molar-refractivity contribution is 7.99. The molecule has 1 aliphatic rings. The number of thiophene rings is 1. The average molecular weight is 278 g/mol. The van der Waals surface area contributed by atoms with Gasteiger partial charge in [-0.1, -0.05) is 13.8 Å². The van der Waals surface area contributed by atoms with Gasteiger partial charge in [-0.2, -0.15) is 0 Å². The molecule has 0 aliphatic heterocycles. The Morgan fingerprint density at radius 1 is 1.44 bits per heavy atom. The van der Waals surface area contributed by atoms with Gasteiger partial charge in [0.1, 0.15) is 16.2 Å². The molecule has 18 heavy (non-hydrogen) atoms. The van der Waals surface area contributed by atoms with Gasteiger partial charge < -0.3 is 0 Å². The third-order valence-corrected chi connectivity index (χ3v) is 5.86. The molecular formula is C14H18N2S2. The van der Waals surface area contributed by atoms with E-state index in [4.69, 9.17) is 0 Å². The van der Waals surface area contributed by atoms with Gasteiger partial charge >= 0.3 is 0 Å². The number of hydrogen-bond donors (Lipinski definition) is 0. The van der Waals surface area contributed by atoms with Crippen LogP contribution in [0.1, 0.15) is 37.1 Å². The molecule has 0 aromatic carbocycles. The number of rotatable bonds is 3. The van der Waals surface area contributed by atoms with Gasteiger partial charge in [-0.3, -0.25) is 0 Å². The van der Waals surface area contributed by atoms with Crippen molar-refractivity contribution < 1.29 is 0 Å². The van der Waals surface area contributed by atoms with E-state index in [1.807, 2.05) is 23.1 Å². The molecule has 0 radical (unpaired) electrons. The molecule has 0 saturated heterocycles. The van der Waals surface area contributed by atoms with Gasteiger partial charge in [0.2, 0.25) is 0 Å². The van der Waals surface area contributed by atoms with Crippen LogP contribution >= 0.6 is 23.1 Å². The highest BCUT2D eigenvalue weighted by Crippen LogP contribution is 2.40. The van der Waals surface area contributed by atoms with E-state index < -0.39 is 0 Å². The van der Waals surface area contributed by atoms with Crippen molar-refractivity contribution in [3.63, 3.8) is 0 Å². The normalized spacial score (nSPS) is 19.1. The average Bonchev–Trinajstić information content (AvgIpc) is 2.73. The lowest BCUT2D eigenvalue weighted by molar-refractivity contribution is 0.509. The molecule has 0 fully saturated rings. The van der Waals surface area contributed by atoms with Crippen molar-refractivity contribution in [2.45, 2.75) is 44.6 Å². The van der Waals surface area contributed by atoms with Crippen LogP contribution in [0.5, 0.6) is 0 Å². The minimum Gasteiger partial charge on any atom is -0.229 e. The fraction of sp³-hybridized carbons (Fsp3) is 0.571. The predicted octanol–water partition coefficient (Wildman–Crippen LogP) is 4.32. The van der Waals surface area contributed by atoms with Gasteiger partial charge in [0.25, 0.3) is 0 Å². The topological polar surface area (TPSA) is 25.8 Å². The zero-order valence-electron chi connectivity index (χ0n) is 10.9. The summed E-state index contributed by atoms with van der Waals surface area (Å²) in [6, 6.07) is 0. The first kappa shape index (κ1) is 12.4. The number of aromatic nitrogens is 2. The second-order valence-corrected chi connectivity index (χ2v) is 7.23. The lowest BCUT2D eigenvalue weighted by atomic mass is 9.89. The number of thioether (sulfide) groups is 1. The summed E-state index contributed by atoms with van der Waals surface area (Å²) in [6.07, 6.45) is 6.68. The van der Waals surface area contributed by atoms with Crippen LogP contribution in [0.4, 0.5) is 0 Å². The van der Waals surface area contributed by atoms with E-state index in [0.29, 0.717) is 0 Å². The SMILES string of the molecule is CCCSc1ncnc2sc3c(c12)CC[C@H](C)C3. The van der Waals surface area contributed by atoms with Crippen LogP contribution < -0.4 is 0 Å². The summed E-state index contributed by atoms with van der Waals surface area (Å²) < 4.78 is 0. The first-order valence-electron chi connectivity index (χ1n) is 6.67. The molecule has 0 amide bonds. The van der Waals surface area contributed by atoms with Gasteiger partial charge in [-0.15, -0.1) is 23.1 Å². The van der Waals surface area contributed by atoms with Crippen LogP contribution in [0, 0.1) is 5.92 Å². The van der Waals surface area contributed by atoms with E-state index in [0.717, 1.165) is 11.7 Å². The molecule has 0 spiro atoms. The Morgan fingerprint density at radius 3 is 3.17 bits per heavy atom. The first-order valence-corrected chi connectivity index (χ1v) is 8.47. The largest absolute Gasteiger partial charge is 0.229 e. The number of aryl methyl sites for hydroxylation is 1. The van der Waals surface area contributed by atoms with Crippen molar-refractivity contribution >= 4 is 33.3 Å². The molecule has 2 nitrogen and oxygen atoms in total. The molecule has 2 heterocycles. The molecule has 1 atom stereocenters. The molecule has 0 N–H and O–H groups in total. The minimum atomic E-state index is 0.824. The summed E-state index contributed by atoms with van der Waals surface area (Å²) in [7, 11) is 0. The molecule has 0 saturated carbocycles. The Balaban J connectivity index is 2.09. The van der Waals surface area contributed by atoms with Crippen molar-refractivity contribution in [3.05, 3.63) is 16.8 Å². The Kier molecular flexibility index (Phi) is 3.57. The van der Waals surface area contributed by atoms with E-state index in [9.17, 15) is 0 Å². The van der Waals surface area contributed by atoms with E-state index in [-0.39, 0.29) is 0 Å². The molecule has 4 heteroatoms. The van der Waals surface area contributed by atoms with Gasteiger partial charge in [-0.05, 0) is 42.9 Å². The lowest BCUT2D eigenvalue weighted by Crippen LogP contribution is -2.08. The Bertz CT molecular complexity index is 562. The number of nitrogens with zero attached hydrogens (tertiary/aromatic N) is 2. The van der Waals surface area contributed by atoms with Crippen molar-refractivity contribution in [1.82, 2.24) is 9.97 Å². The van der Waals surface area contributed by atoms with Gasteiger partial charge in [0.05, 0.1) is 0 Å². The maximum absolute atomic E-state index is 4.50. The smallest absolute Gasteiger partial charge is 0.128 e. The van der Waals surface area contributed by atoms with Gasteiger partial charge in [0, 0.05) is 10.3 Å². The Hall–Kier alpha value is -0.610. The van der Waals surface area contributed by atoms with Crippen molar-refractivity contribution in [2.75, 3.05) is 5.75 Å². The minimum absolute atomic E-state index is 0.824. The van der Waals surface area contributed by atoms with Crippen LogP contribution in [0.15, 0.2) is 11.4 Å². The fourth-order valence-corrected chi connectivity index (χ4v) is 4.85. The zero-order valence-corrected chi connectivity index (χ0v) is 12.5. The summed E-state index contributed by atoms with van der Waals surface area (Å²) in [5.74, 6) is 1.97. The summed E-state index contributed by atoms with van der Waals surface area (Å²) in [5.41, 5.74) is 1.55. The number of hydrogen-bond acceptors (Lipinski definition) is 4. The van der Waals surface area contributed by atoms with Crippen molar-refractivity contribution in [2.24, 2.45) is 5.92 Å². The molecule has 96 valence electrons. The van der Waals surface area contributed by atoms with Crippen molar-refractivity contribution in [3.8, 4) is 0 Å². The molecule has 3 rings (SSSR count). The Labute approximate surface area is 116 Å². The third-order valence-electron chi connectivity index (χ3n) is 3.50. The lowest BCUT2D eigenvalue weighted by Gasteiger charge is -2.18. The molecule has 0 unspecified atom stereocenters. The van der Waals surface area contributed by atoms with Crippen LogP contribution in [-0.2, 0) is 12.8 Å². The van der Waals surface area contributed by atoms with E-state index >= 15 is 0 Å². The molecule has 2 aromatic rings. The quantitative estimate of drug-likeness (QED) is 0.618. The molecular weight excluding hydrogens is 260 g/mol. The highest BCUT2D eigenvalue weighted by atomic mass is 32.2. The summed E-state index contributed by atoms with van der Waals surface area (Å²) in [6.45, 7) is 4.57. The predicted molar refractivity (Wildman–Crippen MR) is 79.6 cm³/mol.